The number of carbonyl (C=O) groups is 2. The van der Waals surface area contributed by atoms with Crippen LogP contribution in [0, 0.1) is 5.92 Å². The Labute approximate surface area is 168 Å². The Balaban J connectivity index is 1.43. The lowest BCUT2D eigenvalue weighted by molar-refractivity contribution is -0.118. The molecule has 2 aromatic rings. The standard InChI is InChI=1S/C21H25N3O3S/c1-14-6-8-24(9-7-14)17(19-3-2-10-28-19)12-22-21(26)15-4-5-16-18(11-15)27-13-20(25)23-16/h2-5,10-11,14,17H,6-9,12-13H2,1H3,(H,22,26)(H,23,25)/t17-/m1/s1. The van der Waals surface area contributed by atoms with E-state index in [1.165, 1.54) is 17.7 Å². The fraction of sp³-hybridized carbons (Fsp3) is 0.429. The van der Waals surface area contributed by atoms with Gasteiger partial charge in [-0.3, -0.25) is 14.5 Å². The van der Waals surface area contributed by atoms with Crippen LogP contribution in [-0.2, 0) is 4.79 Å². The van der Waals surface area contributed by atoms with Gasteiger partial charge in [0.2, 0.25) is 0 Å². The summed E-state index contributed by atoms with van der Waals surface area (Å²) < 4.78 is 5.42. The molecule has 1 saturated heterocycles. The second-order valence-electron chi connectivity index (χ2n) is 7.51. The summed E-state index contributed by atoms with van der Waals surface area (Å²) in [6.07, 6.45) is 2.40. The average Bonchev–Trinajstić information content (AvgIpc) is 3.23. The number of anilines is 1. The maximum absolute atomic E-state index is 12.7. The Kier molecular flexibility index (Phi) is 5.64. The van der Waals surface area contributed by atoms with Crippen LogP contribution in [0.2, 0.25) is 0 Å². The molecule has 0 unspecified atom stereocenters. The average molecular weight is 400 g/mol. The number of ether oxygens (including phenoxy) is 1. The molecule has 28 heavy (non-hydrogen) atoms. The summed E-state index contributed by atoms with van der Waals surface area (Å²) in [5.74, 6) is 0.993. The maximum Gasteiger partial charge on any atom is 0.262 e. The molecule has 3 heterocycles. The van der Waals surface area contributed by atoms with E-state index in [2.05, 4.69) is 40.0 Å². The first kappa shape index (κ1) is 19.0. The fourth-order valence-corrected chi connectivity index (χ4v) is 4.60. The number of piperidine rings is 1. The van der Waals surface area contributed by atoms with Crippen molar-refractivity contribution in [3.8, 4) is 5.75 Å². The van der Waals surface area contributed by atoms with Crippen LogP contribution in [0.1, 0.15) is 41.0 Å². The second-order valence-corrected chi connectivity index (χ2v) is 8.49. The molecule has 6 nitrogen and oxygen atoms in total. The Morgan fingerprint density at radius 3 is 2.93 bits per heavy atom. The van der Waals surface area contributed by atoms with Crippen molar-refractivity contribution in [3.05, 3.63) is 46.2 Å². The van der Waals surface area contributed by atoms with Gasteiger partial charge in [0.15, 0.2) is 6.61 Å². The number of likely N-dealkylation sites (tertiary alicyclic amines) is 1. The van der Waals surface area contributed by atoms with E-state index in [-0.39, 0.29) is 24.5 Å². The van der Waals surface area contributed by atoms with E-state index in [0.29, 0.717) is 23.5 Å². The molecular formula is C21H25N3O3S. The Morgan fingerprint density at radius 2 is 2.18 bits per heavy atom. The van der Waals surface area contributed by atoms with Gasteiger partial charge in [0.1, 0.15) is 5.75 Å². The highest BCUT2D eigenvalue weighted by molar-refractivity contribution is 7.10. The third kappa shape index (κ3) is 4.20. The van der Waals surface area contributed by atoms with Gasteiger partial charge >= 0.3 is 0 Å². The predicted octanol–water partition coefficient (Wildman–Crippen LogP) is 3.28. The van der Waals surface area contributed by atoms with Gasteiger partial charge in [-0.05, 0) is 61.5 Å². The minimum absolute atomic E-state index is 0.0219. The smallest absolute Gasteiger partial charge is 0.262 e. The number of hydrogen-bond donors (Lipinski definition) is 2. The highest BCUT2D eigenvalue weighted by atomic mass is 32.1. The molecule has 1 atom stereocenters. The van der Waals surface area contributed by atoms with E-state index in [0.717, 1.165) is 19.0 Å². The van der Waals surface area contributed by atoms with Crippen LogP contribution in [0.5, 0.6) is 5.75 Å². The number of rotatable bonds is 5. The van der Waals surface area contributed by atoms with Gasteiger partial charge in [-0.15, -0.1) is 11.3 Å². The minimum Gasteiger partial charge on any atom is -0.482 e. The van der Waals surface area contributed by atoms with Gasteiger partial charge in [-0.1, -0.05) is 13.0 Å². The molecule has 2 aliphatic heterocycles. The first-order chi connectivity index (χ1) is 13.6. The van der Waals surface area contributed by atoms with Gasteiger partial charge in [0.05, 0.1) is 11.7 Å². The van der Waals surface area contributed by atoms with Crippen LogP contribution in [0.25, 0.3) is 0 Å². The van der Waals surface area contributed by atoms with Gasteiger partial charge in [0, 0.05) is 17.0 Å². The molecule has 0 saturated carbocycles. The summed E-state index contributed by atoms with van der Waals surface area (Å²) >= 11 is 1.74. The first-order valence-corrected chi connectivity index (χ1v) is 10.6. The predicted molar refractivity (Wildman–Crippen MR) is 110 cm³/mol. The van der Waals surface area contributed by atoms with E-state index in [9.17, 15) is 9.59 Å². The molecule has 2 N–H and O–H groups in total. The van der Waals surface area contributed by atoms with Crippen molar-refractivity contribution in [3.63, 3.8) is 0 Å². The third-order valence-corrected chi connectivity index (χ3v) is 6.44. The van der Waals surface area contributed by atoms with Crippen LogP contribution in [0.3, 0.4) is 0 Å². The van der Waals surface area contributed by atoms with Crippen molar-refractivity contribution in [2.24, 2.45) is 5.92 Å². The number of nitrogens with one attached hydrogen (secondary N) is 2. The zero-order chi connectivity index (χ0) is 19.5. The highest BCUT2D eigenvalue weighted by Gasteiger charge is 2.26. The summed E-state index contributed by atoms with van der Waals surface area (Å²) in [4.78, 5) is 27.9. The monoisotopic (exact) mass is 399 g/mol. The maximum atomic E-state index is 12.7. The SMILES string of the molecule is CC1CCN([C@H](CNC(=O)c2ccc3c(c2)OCC(=O)N3)c2cccs2)CC1. The number of hydrogen-bond acceptors (Lipinski definition) is 5. The van der Waals surface area contributed by atoms with Crippen molar-refractivity contribution in [1.82, 2.24) is 10.2 Å². The van der Waals surface area contributed by atoms with Crippen LogP contribution in [0.4, 0.5) is 5.69 Å². The fourth-order valence-electron chi connectivity index (χ4n) is 3.74. The third-order valence-electron chi connectivity index (χ3n) is 5.46. The molecule has 7 heteroatoms. The number of benzene rings is 1. The summed E-state index contributed by atoms with van der Waals surface area (Å²) in [6, 6.07) is 9.53. The molecule has 0 spiro atoms. The molecule has 1 aromatic heterocycles. The van der Waals surface area contributed by atoms with Crippen molar-refractivity contribution >= 4 is 28.8 Å². The molecule has 2 aliphatic rings. The molecule has 2 amide bonds. The lowest BCUT2D eigenvalue weighted by atomic mass is 9.97. The topological polar surface area (TPSA) is 70.7 Å². The number of fused-ring (bicyclic) bond motifs is 1. The van der Waals surface area contributed by atoms with E-state index < -0.39 is 0 Å². The second kappa shape index (κ2) is 8.32. The zero-order valence-corrected chi connectivity index (χ0v) is 16.8. The van der Waals surface area contributed by atoms with Crippen LogP contribution in [0.15, 0.2) is 35.7 Å². The van der Waals surface area contributed by atoms with Crippen molar-refractivity contribution in [2.45, 2.75) is 25.8 Å². The van der Waals surface area contributed by atoms with E-state index in [4.69, 9.17) is 4.74 Å². The van der Waals surface area contributed by atoms with Crippen molar-refractivity contribution in [2.75, 3.05) is 31.6 Å². The molecule has 1 fully saturated rings. The Morgan fingerprint density at radius 1 is 1.36 bits per heavy atom. The van der Waals surface area contributed by atoms with E-state index >= 15 is 0 Å². The first-order valence-electron chi connectivity index (χ1n) is 9.72. The summed E-state index contributed by atoms with van der Waals surface area (Å²) in [7, 11) is 0. The highest BCUT2D eigenvalue weighted by Crippen LogP contribution is 2.30. The van der Waals surface area contributed by atoms with Crippen molar-refractivity contribution in [1.29, 1.82) is 0 Å². The molecular weight excluding hydrogens is 374 g/mol. The van der Waals surface area contributed by atoms with Gasteiger partial charge < -0.3 is 15.4 Å². The van der Waals surface area contributed by atoms with Crippen LogP contribution >= 0.6 is 11.3 Å². The summed E-state index contributed by atoms with van der Waals surface area (Å²) in [5, 5.41) is 7.92. The number of nitrogens with zero attached hydrogens (tertiary/aromatic N) is 1. The number of carbonyl (C=O) groups excluding carboxylic acids is 2. The summed E-state index contributed by atoms with van der Waals surface area (Å²) in [5.41, 5.74) is 1.14. The molecule has 1 aromatic carbocycles. The van der Waals surface area contributed by atoms with Gasteiger partial charge in [-0.25, -0.2) is 0 Å². The van der Waals surface area contributed by atoms with Crippen LogP contribution in [-0.4, -0.2) is 43.0 Å². The van der Waals surface area contributed by atoms with E-state index in [1.807, 2.05) is 0 Å². The zero-order valence-electron chi connectivity index (χ0n) is 15.9. The van der Waals surface area contributed by atoms with Crippen molar-refractivity contribution < 1.29 is 14.3 Å². The molecule has 0 aliphatic carbocycles. The lowest BCUT2D eigenvalue weighted by Crippen LogP contribution is -2.41. The Hall–Kier alpha value is -2.38. The van der Waals surface area contributed by atoms with Crippen LogP contribution < -0.4 is 15.4 Å². The van der Waals surface area contributed by atoms with Gasteiger partial charge in [-0.2, -0.15) is 0 Å². The molecule has 0 radical (unpaired) electrons. The number of amides is 2. The molecule has 148 valence electrons. The van der Waals surface area contributed by atoms with E-state index in [1.54, 1.807) is 29.5 Å². The number of thiophene rings is 1. The van der Waals surface area contributed by atoms with Gasteiger partial charge in [0.25, 0.3) is 11.8 Å². The Bertz CT molecular complexity index is 845. The summed E-state index contributed by atoms with van der Waals surface area (Å²) in [6.45, 7) is 4.98. The lowest BCUT2D eigenvalue weighted by Gasteiger charge is -2.36. The normalized spacial score (nSPS) is 18.7. The quantitative estimate of drug-likeness (QED) is 0.810. The largest absolute Gasteiger partial charge is 0.482 e. The molecule has 4 rings (SSSR count). The minimum atomic E-state index is -0.181. The molecule has 0 bridgehead atoms.